The topological polar surface area (TPSA) is 44.1 Å². The maximum Gasteiger partial charge on any atom is 0.303 e. The van der Waals surface area contributed by atoms with Crippen LogP contribution in [-0.4, -0.2) is 21.4 Å². The average Bonchev–Trinajstić information content (AvgIpc) is 3.03. The van der Waals surface area contributed by atoms with Gasteiger partial charge in [-0.25, -0.2) is 9.07 Å². The van der Waals surface area contributed by atoms with E-state index < -0.39 is 5.60 Å². The Morgan fingerprint density at radius 1 is 1.39 bits per heavy atom. The van der Waals surface area contributed by atoms with Gasteiger partial charge in [-0.05, 0) is 61.6 Å². The molecule has 2 aromatic rings. The van der Waals surface area contributed by atoms with E-state index in [1.54, 1.807) is 12.1 Å². The van der Waals surface area contributed by atoms with Gasteiger partial charge in [-0.3, -0.25) is 4.79 Å². The molecule has 2 atom stereocenters. The van der Waals surface area contributed by atoms with Crippen molar-refractivity contribution in [3.05, 3.63) is 65.8 Å². The number of halogens is 1. The van der Waals surface area contributed by atoms with Crippen LogP contribution in [0.4, 0.5) is 4.39 Å². The van der Waals surface area contributed by atoms with Gasteiger partial charge in [0.15, 0.2) is 0 Å². The van der Waals surface area contributed by atoms with Crippen molar-refractivity contribution >= 4 is 12.0 Å². The second kappa shape index (κ2) is 6.73. The van der Waals surface area contributed by atoms with Gasteiger partial charge in [0.2, 0.25) is 0 Å². The van der Waals surface area contributed by atoms with E-state index in [4.69, 9.17) is 4.74 Å². The molecule has 1 aromatic heterocycles. The number of hydrogen-bond acceptors (Lipinski definition) is 3. The molecular formula is C23H25FN2O2. The fraction of sp³-hybridized carbons (Fsp3) is 0.391. The quantitative estimate of drug-likeness (QED) is 0.553. The number of benzene rings is 1. The normalized spacial score (nSPS) is 26.0. The van der Waals surface area contributed by atoms with Crippen LogP contribution in [0.2, 0.25) is 0 Å². The van der Waals surface area contributed by atoms with Gasteiger partial charge in [0.1, 0.15) is 11.4 Å². The summed E-state index contributed by atoms with van der Waals surface area (Å²) in [5, 5.41) is 4.56. The zero-order valence-corrected chi connectivity index (χ0v) is 16.4. The van der Waals surface area contributed by atoms with Crippen molar-refractivity contribution in [1.82, 2.24) is 9.78 Å². The molecule has 0 bridgehead atoms. The number of ether oxygens (including phenoxy) is 1. The van der Waals surface area contributed by atoms with Crippen molar-refractivity contribution in [2.75, 3.05) is 0 Å². The van der Waals surface area contributed by atoms with Crippen molar-refractivity contribution < 1.29 is 13.9 Å². The fourth-order valence-electron chi connectivity index (χ4n) is 4.97. The molecule has 0 unspecified atom stereocenters. The first kappa shape index (κ1) is 18.7. The maximum atomic E-state index is 13.3. The highest BCUT2D eigenvalue weighted by molar-refractivity contribution is 5.68. The standard InChI is InChI=1S/C23H25FN2O2/c1-4-11-23(28-16(2)27)12-5-6-18-13-21-17(14-22(18,23)3)15-25-26(21)20-9-7-19(24)8-10-20/h4,7-10,13,15H,1,5-6,11-12,14H2,2-3H3/t22-,23-/m0/s1. The molecule has 146 valence electrons. The third-order valence-corrected chi connectivity index (χ3v) is 6.37. The summed E-state index contributed by atoms with van der Waals surface area (Å²) in [6.45, 7) is 7.59. The molecule has 5 heteroatoms. The number of fused-ring (bicyclic) bond motifs is 2. The van der Waals surface area contributed by atoms with Gasteiger partial charge in [-0.2, -0.15) is 5.10 Å². The number of carbonyl (C=O) groups is 1. The highest BCUT2D eigenvalue weighted by Gasteiger charge is 2.55. The van der Waals surface area contributed by atoms with Gasteiger partial charge in [-0.1, -0.05) is 18.6 Å². The lowest BCUT2D eigenvalue weighted by molar-refractivity contribution is -0.174. The van der Waals surface area contributed by atoms with Crippen LogP contribution >= 0.6 is 0 Å². The molecule has 1 aromatic carbocycles. The highest BCUT2D eigenvalue weighted by atomic mass is 19.1. The van der Waals surface area contributed by atoms with Gasteiger partial charge in [0, 0.05) is 18.8 Å². The Labute approximate surface area is 164 Å². The fourth-order valence-corrected chi connectivity index (χ4v) is 4.97. The Hall–Kier alpha value is -2.69. The van der Waals surface area contributed by atoms with E-state index in [9.17, 15) is 9.18 Å². The van der Waals surface area contributed by atoms with E-state index in [0.717, 1.165) is 42.6 Å². The minimum atomic E-state index is -0.583. The molecule has 0 spiro atoms. The summed E-state index contributed by atoms with van der Waals surface area (Å²) in [7, 11) is 0. The van der Waals surface area contributed by atoms with Crippen LogP contribution in [-0.2, 0) is 16.0 Å². The van der Waals surface area contributed by atoms with E-state index >= 15 is 0 Å². The van der Waals surface area contributed by atoms with E-state index in [0.29, 0.717) is 6.42 Å². The monoisotopic (exact) mass is 380 g/mol. The zero-order chi connectivity index (χ0) is 19.9. The molecule has 0 amide bonds. The van der Waals surface area contributed by atoms with Crippen molar-refractivity contribution in [2.45, 2.75) is 51.6 Å². The minimum absolute atomic E-state index is 0.253. The summed E-state index contributed by atoms with van der Waals surface area (Å²) in [5.74, 6) is -0.518. The third kappa shape index (κ3) is 2.81. The van der Waals surface area contributed by atoms with Crippen LogP contribution in [0.3, 0.4) is 0 Å². The van der Waals surface area contributed by atoms with E-state index in [1.165, 1.54) is 24.6 Å². The predicted molar refractivity (Wildman–Crippen MR) is 106 cm³/mol. The number of hydrogen-bond donors (Lipinski definition) is 0. The van der Waals surface area contributed by atoms with Gasteiger partial charge in [-0.15, -0.1) is 6.58 Å². The van der Waals surface area contributed by atoms with E-state index in [1.807, 2.05) is 17.0 Å². The Balaban J connectivity index is 1.80. The summed E-state index contributed by atoms with van der Waals surface area (Å²) in [6, 6.07) is 6.35. The Morgan fingerprint density at radius 3 is 2.82 bits per heavy atom. The van der Waals surface area contributed by atoms with Crippen molar-refractivity contribution in [3.63, 3.8) is 0 Å². The van der Waals surface area contributed by atoms with Crippen LogP contribution in [0.5, 0.6) is 0 Å². The third-order valence-electron chi connectivity index (χ3n) is 6.37. The molecule has 0 radical (unpaired) electrons. The molecule has 4 rings (SSSR count). The molecule has 0 N–H and O–H groups in total. The molecule has 1 heterocycles. The van der Waals surface area contributed by atoms with Gasteiger partial charge < -0.3 is 4.74 Å². The summed E-state index contributed by atoms with van der Waals surface area (Å²) in [4.78, 5) is 11.9. The first-order chi connectivity index (χ1) is 13.4. The molecule has 4 nitrogen and oxygen atoms in total. The Morgan fingerprint density at radius 2 is 2.14 bits per heavy atom. The number of esters is 1. The second-order valence-electron chi connectivity index (χ2n) is 8.06. The molecule has 28 heavy (non-hydrogen) atoms. The molecule has 1 saturated carbocycles. The van der Waals surface area contributed by atoms with Crippen LogP contribution in [0.1, 0.15) is 50.8 Å². The summed E-state index contributed by atoms with van der Waals surface area (Å²) >= 11 is 0. The number of nitrogens with zero attached hydrogens (tertiary/aromatic N) is 2. The first-order valence-corrected chi connectivity index (χ1v) is 9.73. The summed E-state index contributed by atoms with van der Waals surface area (Å²) < 4.78 is 21.2. The molecule has 0 saturated heterocycles. The maximum absolute atomic E-state index is 13.3. The van der Waals surface area contributed by atoms with Crippen LogP contribution in [0.25, 0.3) is 11.8 Å². The number of aromatic nitrogens is 2. The average molecular weight is 380 g/mol. The number of rotatable bonds is 4. The molecule has 0 aliphatic heterocycles. The second-order valence-corrected chi connectivity index (χ2v) is 8.06. The van der Waals surface area contributed by atoms with Crippen molar-refractivity contribution in [1.29, 1.82) is 0 Å². The van der Waals surface area contributed by atoms with Gasteiger partial charge >= 0.3 is 5.97 Å². The van der Waals surface area contributed by atoms with Crippen LogP contribution in [0, 0.1) is 11.2 Å². The molecule has 2 aliphatic rings. The molecular weight excluding hydrogens is 355 g/mol. The highest BCUT2D eigenvalue weighted by Crippen LogP contribution is 2.56. The summed E-state index contributed by atoms with van der Waals surface area (Å²) in [6.07, 6.45) is 10.0. The van der Waals surface area contributed by atoms with Crippen molar-refractivity contribution in [3.8, 4) is 5.69 Å². The number of carbonyl (C=O) groups excluding carboxylic acids is 1. The Bertz CT molecular complexity index is 959. The van der Waals surface area contributed by atoms with Gasteiger partial charge in [0.05, 0.1) is 17.6 Å². The largest absolute Gasteiger partial charge is 0.458 e. The minimum Gasteiger partial charge on any atom is -0.458 e. The zero-order valence-electron chi connectivity index (χ0n) is 16.4. The predicted octanol–water partition coefficient (Wildman–Crippen LogP) is 5.02. The first-order valence-electron chi connectivity index (χ1n) is 9.73. The van der Waals surface area contributed by atoms with E-state index in [-0.39, 0.29) is 17.2 Å². The van der Waals surface area contributed by atoms with Crippen molar-refractivity contribution in [2.24, 2.45) is 5.41 Å². The van der Waals surface area contributed by atoms with E-state index in [2.05, 4.69) is 24.7 Å². The smallest absolute Gasteiger partial charge is 0.303 e. The Kier molecular flexibility index (Phi) is 4.48. The summed E-state index contributed by atoms with van der Waals surface area (Å²) in [5.41, 5.74) is 3.36. The lowest BCUT2D eigenvalue weighted by atomic mass is 9.56. The lowest BCUT2D eigenvalue weighted by Crippen LogP contribution is -2.54. The molecule has 1 fully saturated rings. The van der Waals surface area contributed by atoms with Gasteiger partial charge in [0.25, 0.3) is 0 Å². The SMILES string of the molecule is C=CC[C@]1(OC(C)=O)CCCC2=Cc3c(cnn3-c3ccc(F)cc3)C[C@@]21C. The molecule has 2 aliphatic carbocycles. The van der Waals surface area contributed by atoms with Crippen LogP contribution in [0.15, 0.2) is 48.7 Å². The lowest BCUT2D eigenvalue weighted by Gasteiger charge is -2.53. The van der Waals surface area contributed by atoms with Crippen LogP contribution < -0.4 is 0 Å².